The second-order valence-corrected chi connectivity index (χ2v) is 4.91. The summed E-state index contributed by atoms with van der Waals surface area (Å²) in [5.41, 5.74) is 0. The average molecular weight is 282 g/mol. The number of carbonyl (C=O) groups excluding carboxylic acids is 2. The van der Waals surface area contributed by atoms with Crippen LogP contribution in [-0.4, -0.2) is 25.2 Å². The first-order chi connectivity index (χ1) is 8.52. The van der Waals surface area contributed by atoms with Gasteiger partial charge in [0.1, 0.15) is 0 Å². The smallest absolute Gasteiger partial charge is 1.00 e. The molecule has 0 atom stereocenters. The SMILES string of the molecule is CC(=O)OCCCCOC(=O)CCCCC(C)C.[H-].[Na+]. The van der Waals surface area contributed by atoms with Crippen molar-refractivity contribution >= 4 is 11.9 Å². The van der Waals surface area contributed by atoms with E-state index in [1.807, 2.05) is 0 Å². The third-order valence-corrected chi connectivity index (χ3v) is 2.52. The van der Waals surface area contributed by atoms with Crippen LogP contribution in [0, 0.1) is 5.92 Å². The summed E-state index contributed by atoms with van der Waals surface area (Å²) in [4.78, 5) is 21.8. The van der Waals surface area contributed by atoms with E-state index in [2.05, 4.69) is 13.8 Å². The van der Waals surface area contributed by atoms with Crippen molar-refractivity contribution in [2.24, 2.45) is 5.92 Å². The molecule has 0 bridgehead atoms. The zero-order chi connectivity index (χ0) is 13.8. The summed E-state index contributed by atoms with van der Waals surface area (Å²) in [5.74, 6) is 0.311. The molecule has 0 rings (SSSR count). The molecule has 0 aromatic carbocycles. The van der Waals surface area contributed by atoms with Crippen LogP contribution in [0.4, 0.5) is 0 Å². The second kappa shape index (κ2) is 14.4. The molecule has 0 N–H and O–H groups in total. The molecule has 0 saturated carbocycles. The first-order valence-corrected chi connectivity index (χ1v) is 6.81. The maximum Gasteiger partial charge on any atom is 1.00 e. The predicted octanol–water partition coefficient (Wildman–Crippen LogP) is 0.206. The number of hydrogen-bond donors (Lipinski definition) is 0. The summed E-state index contributed by atoms with van der Waals surface area (Å²) in [6.45, 7) is 6.58. The first-order valence-electron chi connectivity index (χ1n) is 6.81. The maximum absolute atomic E-state index is 11.3. The molecule has 0 saturated heterocycles. The van der Waals surface area contributed by atoms with Crippen molar-refractivity contribution in [3.05, 3.63) is 0 Å². The van der Waals surface area contributed by atoms with Gasteiger partial charge in [0, 0.05) is 13.3 Å². The molecule has 4 nitrogen and oxygen atoms in total. The molecule has 108 valence electrons. The van der Waals surface area contributed by atoms with E-state index < -0.39 is 0 Å². The normalized spacial score (nSPS) is 9.89. The van der Waals surface area contributed by atoms with Crippen LogP contribution in [-0.2, 0) is 19.1 Å². The van der Waals surface area contributed by atoms with Gasteiger partial charge >= 0.3 is 41.5 Å². The molecule has 0 aromatic rings. The Bertz CT molecular complexity index is 247. The average Bonchev–Trinajstić information content (AvgIpc) is 2.28. The number of unbranched alkanes of at least 4 members (excludes halogenated alkanes) is 2. The van der Waals surface area contributed by atoms with Gasteiger partial charge in [-0.3, -0.25) is 9.59 Å². The van der Waals surface area contributed by atoms with Gasteiger partial charge in [-0.05, 0) is 25.2 Å². The molecule has 0 spiro atoms. The molecular formula is C14H27NaO4. The molecule has 19 heavy (non-hydrogen) atoms. The molecule has 0 aliphatic heterocycles. The molecule has 0 radical (unpaired) electrons. The fourth-order valence-electron chi connectivity index (χ4n) is 1.50. The van der Waals surface area contributed by atoms with E-state index in [9.17, 15) is 9.59 Å². The van der Waals surface area contributed by atoms with Gasteiger partial charge in [-0.2, -0.15) is 0 Å². The van der Waals surface area contributed by atoms with Crippen LogP contribution in [0.15, 0.2) is 0 Å². The van der Waals surface area contributed by atoms with Crippen molar-refractivity contribution in [2.45, 2.75) is 59.3 Å². The van der Waals surface area contributed by atoms with Gasteiger partial charge < -0.3 is 10.9 Å². The van der Waals surface area contributed by atoms with E-state index in [0.29, 0.717) is 25.6 Å². The van der Waals surface area contributed by atoms with Crippen LogP contribution < -0.4 is 29.6 Å². The van der Waals surface area contributed by atoms with Gasteiger partial charge in [0.05, 0.1) is 13.2 Å². The maximum atomic E-state index is 11.3. The molecule has 0 amide bonds. The molecular weight excluding hydrogens is 255 g/mol. The van der Waals surface area contributed by atoms with Crippen LogP contribution in [0.1, 0.15) is 60.7 Å². The zero-order valence-electron chi connectivity index (χ0n) is 13.9. The fourth-order valence-corrected chi connectivity index (χ4v) is 1.50. The van der Waals surface area contributed by atoms with Crippen LogP contribution in [0.2, 0.25) is 0 Å². The van der Waals surface area contributed by atoms with E-state index >= 15 is 0 Å². The second-order valence-electron chi connectivity index (χ2n) is 4.91. The molecule has 0 unspecified atom stereocenters. The Morgan fingerprint density at radius 3 is 2.11 bits per heavy atom. The molecule has 0 aliphatic rings. The van der Waals surface area contributed by atoms with Crippen LogP contribution in [0.5, 0.6) is 0 Å². The number of hydrogen-bond acceptors (Lipinski definition) is 4. The number of rotatable bonds is 10. The third-order valence-electron chi connectivity index (χ3n) is 2.52. The first kappa shape index (κ1) is 21.2. The molecule has 0 fully saturated rings. The van der Waals surface area contributed by atoms with Crippen molar-refractivity contribution in [3.8, 4) is 0 Å². The number of carbonyl (C=O) groups is 2. The van der Waals surface area contributed by atoms with E-state index in [4.69, 9.17) is 9.47 Å². The third kappa shape index (κ3) is 17.9. The Morgan fingerprint density at radius 2 is 1.58 bits per heavy atom. The number of ether oxygens (including phenoxy) is 2. The van der Waals surface area contributed by atoms with E-state index in [0.717, 1.165) is 32.1 Å². The van der Waals surface area contributed by atoms with Gasteiger partial charge in [-0.25, -0.2) is 0 Å². The summed E-state index contributed by atoms with van der Waals surface area (Å²) in [7, 11) is 0. The number of esters is 2. The Balaban J connectivity index is -0.00000144. The van der Waals surface area contributed by atoms with Gasteiger partial charge in [0.15, 0.2) is 0 Å². The summed E-state index contributed by atoms with van der Waals surface area (Å²) in [6, 6.07) is 0. The molecule has 0 aliphatic carbocycles. The van der Waals surface area contributed by atoms with E-state index in [1.165, 1.54) is 6.92 Å². The Labute approximate surface area is 140 Å². The van der Waals surface area contributed by atoms with Crippen LogP contribution in [0.25, 0.3) is 0 Å². The Hall–Kier alpha value is -0.0600. The summed E-state index contributed by atoms with van der Waals surface area (Å²) in [6.07, 6.45) is 5.14. The van der Waals surface area contributed by atoms with E-state index in [1.54, 1.807) is 0 Å². The van der Waals surface area contributed by atoms with Crippen molar-refractivity contribution in [1.82, 2.24) is 0 Å². The minimum absolute atomic E-state index is 0. The standard InChI is InChI=1S/C14H26O4.Na.H/c1-12(2)8-4-5-9-14(16)18-11-7-6-10-17-13(3)15;;/h12H,4-11H2,1-3H3;;/q;+1;-1. The van der Waals surface area contributed by atoms with Gasteiger partial charge in [-0.15, -0.1) is 0 Å². The minimum atomic E-state index is -0.267. The predicted molar refractivity (Wildman–Crippen MR) is 71.2 cm³/mol. The van der Waals surface area contributed by atoms with Gasteiger partial charge in [-0.1, -0.05) is 26.7 Å². The van der Waals surface area contributed by atoms with Crippen LogP contribution >= 0.6 is 0 Å². The molecule has 5 heteroatoms. The quantitative estimate of drug-likeness (QED) is 0.326. The van der Waals surface area contributed by atoms with Crippen molar-refractivity contribution in [3.63, 3.8) is 0 Å². The van der Waals surface area contributed by atoms with Crippen molar-refractivity contribution in [1.29, 1.82) is 0 Å². The zero-order valence-corrected chi connectivity index (χ0v) is 14.9. The summed E-state index contributed by atoms with van der Waals surface area (Å²) >= 11 is 0. The molecule has 0 heterocycles. The molecule has 0 aromatic heterocycles. The van der Waals surface area contributed by atoms with Gasteiger partial charge in [0.25, 0.3) is 0 Å². The summed E-state index contributed by atoms with van der Waals surface area (Å²) < 4.78 is 9.85. The summed E-state index contributed by atoms with van der Waals surface area (Å²) in [5, 5.41) is 0. The Morgan fingerprint density at radius 1 is 1.00 bits per heavy atom. The van der Waals surface area contributed by atoms with Crippen LogP contribution in [0.3, 0.4) is 0 Å². The van der Waals surface area contributed by atoms with Crippen molar-refractivity contribution in [2.75, 3.05) is 13.2 Å². The monoisotopic (exact) mass is 282 g/mol. The minimum Gasteiger partial charge on any atom is -1.00 e. The Kier molecular flexibility index (Phi) is 16.0. The topological polar surface area (TPSA) is 52.6 Å². The largest absolute Gasteiger partial charge is 1.00 e. The fraction of sp³-hybridized carbons (Fsp3) is 0.857. The van der Waals surface area contributed by atoms with Gasteiger partial charge in [0.2, 0.25) is 0 Å². The van der Waals surface area contributed by atoms with E-state index in [-0.39, 0.29) is 42.9 Å². The van der Waals surface area contributed by atoms with Crippen molar-refractivity contribution < 1.29 is 50.0 Å².